The number of amides is 1. The van der Waals surface area contributed by atoms with Gasteiger partial charge in [-0.1, -0.05) is 124 Å². The van der Waals surface area contributed by atoms with Gasteiger partial charge in [-0.25, -0.2) is 9.36 Å². The van der Waals surface area contributed by atoms with Crippen LogP contribution in [0, 0.1) is 0 Å². The van der Waals surface area contributed by atoms with Gasteiger partial charge in [-0.3, -0.25) is 13.6 Å². The zero-order valence-corrected chi connectivity index (χ0v) is 26.3. The van der Waals surface area contributed by atoms with Crippen LogP contribution < -0.4 is 5.32 Å². The summed E-state index contributed by atoms with van der Waals surface area (Å²) in [6, 6.07) is 28.0. The van der Waals surface area contributed by atoms with Gasteiger partial charge < -0.3 is 10.1 Å². The smallest absolute Gasteiger partial charge is 0.445 e. The van der Waals surface area contributed by atoms with Crippen molar-refractivity contribution in [1.29, 1.82) is 0 Å². The molecule has 0 aliphatic carbocycles. The van der Waals surface area contributed by atoms with Crippen LogP contribution in [0.4, 0.5) is 4.79 Å². The minimum absolute atomic E-state index is 0.00777. The van der Waals surface area contributed by atoms with Crippen LogP contribution in [-0.4, -0.2) is 31.5 Å². The number of unbranched alkanes of at least 4 members (excludes halogenated alkanes) is 5. The fourth-order valence-electron chi connectivity index (χ4n) is 5.10. The maximum atomic E-state index is 13.2. The lowest BCUT2D eigenvalue weighted by atomic mass is 9.92. The molecule has 0 radical (unpaired) electrons. The molecule has 43 heavy (non-hydrogen) atoms. The van der Waals surface area contributed by atoms with E-state index in [0.717, 1.165) is 23.1 Å². The molecular weight excluding hydrogens is 561 g/mol. The zero-order valence-electron chi connectivity index (χ0n) is 25.4. The summed E-state index contributed by atoms with van der Waals surface area (Å²) in [5.74, 6) is 0. The number of ether oxygens (including phenoxy) is 1. The van der Waals surface area contributed by atoms with Crippen molar-refractivity contribution in [3.8, 4) is 0 Å². The van der Waals surface area contributed by atoms with Crippen LogP contribution in [0.5, 0.6) is 0 Å². The highest BCUT2D eigenvalue weighted by molar-refractivity contribution is 7.48. The van der Waals surface area contributed by atoms with E-state index >= 15 is 0 Å². The summed E-state index contributed by atoms with van der Waals surface area (Å²) in [4.78, 5) is 12.9. The van der Waals surface area contributed by atoms with Gasteiger partial charge in [0, 0.05) is 0 Å². The second-order valence-corrected chi connectivity index (χ2v) is 13.0. The molecule has 1 fully saturated rings. The molecule has 3 aromatic rings. The summed E-state index contributed by atoms with van der Waals surface area (Å²) in [5, 5.41) is 2.96. The lowest BCUT2D eigenvalue weighted by Crippen LogP contribution is -2.57. The molecule has 4 rings (SSSR count). The third kappa shape index (κ3) is 11.6. The van der Waals surface area contributed by atoms with E-state index in [1.807, 2.05) is 60.7 Å². The molecule has 1 aliphatic rings. The fourth-order valence-corrected chi connectivity index (χ4v) is 6.45. The number of phosphoric ester groups is 1. The number of aryl methyl sites for hydroxylation is 2. The first-order valence-electron chi connectivity index (χ1n) is 15.6. The molecular formula is C35H46NO6P. The predicted molar refractivity (Wildman–Crippen MR) is 170 cm³/mol. The highest BCUT2D eigenvalue weighted by atomic mass is 31.2. The van der Waals surface area contributed by atoms with Gasteiger partial charge >= 0.3 is 13.9 Å². The van der Waals surface area contributed by atoms with Gasteiger partial charge in [0.15, 0.2) is 0 Å². The van der Waals surface area contributed by atoms with Crippen LogP contribution in [0.15, 0.2) is 84.9 Å². The molecule has 0 aromatic heterocycles. The number of alkyl carbamates (subject to hydrolysis) is 1. The Morgan fingerprint density at radius 1 is 0.744 bits per heavy atom. The van der Waals surface area contributed by atoms with Crippen molar-refractivity contribution in [2.24, 2.45) is 0 Å². The van der Waals surface area contributed by atoms with Crippen molar-refractivity contribution in [3.63, 3.8) is 0 Å². The van der Waals surface area contributed by atoms with Crippen molar-refractivity contribution >= 4 is 13.9 Å². The molecule has 0 unspecified atom stereocenters. The van der Waals surface area contributed by atoms with Crippen LogP contribution in [0.1, 0.15) is 74.1 Å². The van der Waals surface area contributed by atoms with Crippen LogP contribution >= 0.6 is 7.82 Å². The molecule has 1 saturated heterocycles. The number of phosphoric acid groups is 1. The first-order valence-corrected chi connectivity index (χ1v) is 17.1. The Morgan fingerprint density at radius 2 is 1.30 bits per heavy atom. The SMILES string of the molecule is CCCCCCCCc1ccc(CCC2(NC(=O)OCc3ccccc3)COP(=O)(OCCc3ccccc3)OC2)cc1. The monoisotopic (exact) mass is 607 g/mol. The Balaban J connectivity index is 1.31. The summed E-state index contributed by atoms with van der Waals surface area (Å²) in [7, 11) is -3.75. The molecule has 0 atom stereocenters. The van der Waals surface area contributed by atoms with Crippen molar-refractivity contribution in [3.05, 3.63) is 107 Å². The Hall–Kier alpha value is -2.96. The van der Waals surface area contributed by atoms with Crippen LogP contribution in [-0.2, 0) is 48.7 Å². The molecule has 8 heteroatoms. The highest BCUT2D eigenvalue weighted by Gasteiger charge is 2.44. The average Bonchev–Trinajstić information content (AvgIpc) is 3.04. The van der Waals surface area contributed by atoms with Crippen molar-refractivity contribution in [2.45, 2.75) is 83.3 Å². The first kappa shape index (κ1) is 32.9. The van der Waals surface area contributed by atoms with Crippen molar-refractivity contribution in [2.75, 3.05) is 19.8 Å². The molecule has 1 aliphatic heterocycles. The lowest BCUT2D eigenvalue weighted by Gasteiger charge is -2.39. The van der Waals surface area contributed by atoms with E-state index in [0.29, 0.717) is 19.3 Å². The fraction of sp³-hybridized carbons (Fsp3) is 0.457. The minimum atomic E-state index is -3.75. The largest absolute Gasteiger partial charge is 0.474 e. The van der Waals surface area contributed by atoms with Crippen LogP contribution in [0.2, 0.25) is 0 Å². The highest BCUT2D eigenvalue weighted by Crippen LogP contribution is 2.53. The molecule has 3 aromatic carbocycles. The number of nitrogens with one attached hydrogen (secondary N) is 1. The van der Waals surface area contributed by atoms with Gasteiger partial charge in [0.2, 0.25) is 0 Å². The maximum absolute atomic E-state index is 13.2. The molecule has 7 nitrogen and oxygen atoms in total. The van der Waals surface area contributed by atoms with E-state index in [1.54, 1.807) is 0 Å². The van der Waals surface area contributed by atoms with E-state index in [9.17, 15) is 9.36 Å². The van der Waals surface area contributed by atoms with E-state index < -0.39 is 19.5 Å². The van der Waals surface area contributed by atoms with Crippen LogP contribution in [0.3, 0.4) is 0 Å². The first-order chi connectivity index (χ1) is 21.0. The second-order valence-electron chi connectivity index (χ2n) is 11.4. The predicted octanol–water partition coefficient (Wildman–Crippen LogP) is 8.60. The molecule has 0 spiro atoms. The molecule has 232 valence electrons. The summed E-state index contributed by atoms with van der Waals surface area (Å²) in [5.41, 5.74) is 3.54. The summed E-state index contributed by atoms with van der Waals surface area (Å²) >= 11 is 0. The quantitative estimate of drug-likeness (QED) is 0.122. The van der Waals surface area contributed by atoms with E-state index in [2.05, 4.69) is 36.5 Å². The van der Waals surface area contributed by atoms with Crippen molar-refractivity contribution < 1.29 is 27.7 Å². The topological polar surface area (TPSA) is 83.1 Å². The zero-order chi connectivity index (χ0) is 30.2. The Morgan fingerprint density at radius 3 is 1.95 bits per heavy atom. The van der Waals surface area contributed by atoms with Crippen LogP contribution in [0.25, 0.3) is 0 Å². The van der Waals surface area contributed by atoms with Gasteiger partial charge in [-0.05, 0) is 54.4 Å². The molecule has 1 N–H and O–H groups in total. The van der Waals surface area contributed by atoms with E-state index in [1.165, 1.54) is 44.1 Å². The van der Waals surface area contributed by atoms with Gasteiger partial charge in [-0.15, -0.1) is 0 Å². The summed E-state index contributed by atoms with van der Waals surface area (Å²) in [6.45, 7) is 2.57. The minimum Gasteiger partial charge on any atom is -0.445 e. The molecule has 1 amide bonds. The standard InChI is InChI=1S/C35H46NO6P/c1-2-3-4-5-6-9-16-31-19-21-32(22-20-31)23-25-35(36-34(37)39-27-33-17-12-8-13-18-33)28-41-43(38,42-29-35)40-26-24-30-14-10-7-11-15-30/h7-8,10-15,17-22H,2-6,9,16,23-29H2,1H3,(H,36,37). The number of benzene rings is 3. The number of hydrogen-bond donors (Lipinski definition) is 1. The third-order valence-corrected chi connectivity index (χ3v) is 9.18. The number of carbonyl (C=O) groups is 1. The number of hydrogen-bond acceptors (Lipinski definition) is 6. The summed E-state index contributed by atoms with van der Waals surface area (Å²) < 4.78 is 35.7. The number of carbonyl (C=O) groups excluding carboxylic acids is 1. The van der Waals surface area contributed by atoms with Gasteiger partial charge in [0.25, 0.3) is 0 Å². The van der Waals surface area contributed by atoms with Crippen molar-refractivity contribution in [1.82, 2.24) is 5.32 Å². The maximum Gasteiger partial charge on any atom is 0.474 e. The third-order valence-electron chi connectivity index (χ3n) is 7.80. The molecule has 1 heterocycles. The molecule has 0 saturated carbocycles. The Labute approximate surface area is 256 Å². The lowest BCUT2D eigenvalue weighted by molar-refractivity contribution is 0.00370. The van der Waals surface area contributed by atoms with Gasteiger partial charge in [0.05, 0.1) is 25.4 Å². The molecule has 0 bridgehead atoms. The average molecular weight is 608 g/mol. The van der Waals surface area contributed by atoms with E-state index in [-0.39, 0.29) is 26.4 Å². The Kier molecular flexibility index (Phi) is 13.3. The van der Waals surface area contributed by atoms with E-state index in [4.69, 9.17) is 18.3 Å². The second kappa shape index (κ2) is 17.4. The van der Waals surface area contributed by atoms with Gasteiger partial charge in [-0.2, -0.15) is 0 Å². The van der Waals surface area contributed by atoms with Gasteiger partial charge in [0.1, 0.15) is 6.61 Å². The summed E-state index contributed by atoms with van der Waals surface area (Å²) in [6.07, 6.45) is 10.0. The normalized spacial score (nSPS) is 20.0. The number of rotatable bonds is 17. The Bertz CT molecular complexity index is 1260.